The molecule has 1 unspecified atom stereocenters. The van der Waals surface area contributed by atoms with Gasteiger partial charge < -0.3 is 5.11 Å². The molecule has 1 nitrogen and oxygen atoms in total. The van der Waals surface area contributed by atoms with Crippen LogP contribution in [0.1, 0.15) is 69.1 Å². The normalized spacial score (nSPS) is 18.1. The fourth-order valence-electron chi connectivity index (χ4n) is 2.55. The highest BCUT2D eigenvalue weighted by Gasteiger charge is 2.24. The summed E-state index contributed by atoms with van der Waals surface area (Å²) in [5.41, 5.74) is 2.58. The van der Waals surface area contributed by atoms with Gasteiger partial charge in [0.15, 0.2) is 0 Å². The molecule has 1 saturated carbocycles. The van der Waals surface area contributed by atoms with Crippen LogP contribution < -0.4 is 0 Å². The largest absolute Gasteiger partial charge is 0.388 e. The topological polar surface area (TPSA) is 20.2 Å². The van der Waals surface area contributed by atoms with Gasteiger partial charge in [0.2, 0.25) is 0 Å². The highest BCUT2D eigenvalue weighted by molar-refractivity contribution is 5.33. The first-order valence-electron chi connectivity index (χ1n) is 6.95. The minimum absolute atomic E-state index is 0.269. The van der Waals surface area contributed by atoms with Gasteiger partial charge in [-0.1, -0.05) is 44.5 Å². The van der Waals surface area contributed by atoms with Crippen molar-refractivity contribution in [3.05, 3.63) is 35.4 Å². The van der Waals surface area contributed by atoms with Gasteiger partial charge in [-0.3, -0.25) is 0 Å². The second-order valence-electron chi connectivity index (χ2n) is 5.74. The third-order valence-electron chi connectivity index (χ3n) is 3.92. The van der Waals surface area contributed by atoms with Crippen LogP contribution >= 0.6 is 0 Å². The lowest BCUT2D eigenvalue weighted by atomic mass is 9.77. The maximum absolute atomic E-state index is 10.3. The third kappa shape index (κ3) is 3.10. The zero-order valence-electron chi connectivity index (χ0n) is 11.0. The zero-order valence-corrected chi connectivity index (χ0v) is 11.0. The first-order valence-corrected chi connectivity index (χ1v) is 6.95. The average molecular weight is 232 g/mol. The van der Waals surface area contributed by atoms with E-state index in [9.17, 15) is 5.11 Å². The van der Waals surface area contributed by atoms with E-state index in [1.807, 2.05) is 0 Å². The Bertz CT molecular complexity index is 352. The van der Waals surface area contributed by atoms with Gasteiger partial charge in [-0.25, -0.2) is 0 Å². The molecule has 1 N–H and O–H groups in total. The van der Waals surface area contributed by atoms with Crippen LogP contribution in [-0.4, -0.2) is 5.11 Å². The predicted octanol–water partition coefficient (Wildman–Crippen LogP) is 4.42. The molecule has 0 amide bonds. The van der Waals surface area contributed by atoms with Crippen LogP contribution in [-0.2, 0) is 0 Å². The fraction of sp³-hybridized carbons (Fsp3) is 0.625. The van der Waals surface area contributed by atoms with Crippen molar-refractivity contribution in [1.29, 1.82) is 0 Å². The molecule has 1 fully saturated rings. The summed E-state index contributed by atoms with van der Waals surface area (Å²) in [6, 6.07) is 8.47. The van der Waals surface area contributed by atoms with Gasteiger partial charge in [-0.15, -0.1) is 0 Å². The van der Waals surface area contributed by atoms with Crippen molar-refractivity contribution in [1.82, 2.24) is 0 Å². The summed E-state index contributed by atoms with van der Waals surface area (Å²) in [7, 11) is 0. The quantitative estimate of drug-likeness (QED) is 0.796. The second kappa shape index (κ2) is 5.68. The van der Waals surface area contributed by atoms with Crippen molar-refractivity contribution in [2.24, 2.45) is 5.92 Å². The summed E-state index contributed by atoms with van der Waals surface area (Å²) >= 11 is 0. The van der Waals surface area contributed by atoms with E-state index in [1.165, 1.54) is 30.4 Å². The molecule has 94 valence electrons. The van der Waals surface area contributed by atoms with Gasteiger partial charge in [-0.2, -0.15) is 0 Å². The maximum Gasteiger partial charge on any atom is 0.0792 e. The summed E-state index contributed by atoms with van der Waals surface area (Å²) in [4.78, 5) is 0. The van der Waals surface area contributed by atoms with Crippen LogP contribution in [0.15, 0.2) is 24.3 Å². The van der Waals surface area contributed by atoms with Crippen molar-refractivity contribution < 1.29 is 5.11 Å². The summed E-state index contributed by atoms with van der Waals surface area (Å²) < 4.78 is 0. The molecule has 0 heterocycles. The average Bonchev–Trinajstić information content (AvgIpc) is 2.24. The predicted molar refractivity (Wildman–Crippen MR) is 72.1 cm³/mol. The van der Waals surface area contributed by atoms with Gasteiger partial charge in [0.1, 0.15) is 0 Å². The number of aliphatic hydroxyl groups excluding tert-OH is 1. The Kier molecular flexibility index (Phi) is 4.22. The molecule has 1 heteroatoms. The Morgan fingerprint density at radius 1 is 1.18 bits per heavy atom. The smallest absolute Gasteiger partial charge is 0.0792 e. The number of aliphatic hydroxyl groups is 1. The molecule has 1 aliphatic rings. The van der Waals surface area contributed by atoms with E-state index in [0.29, 0.717) is 11.8 Å². The Balaban J connectivity index is 2.07. The first-order chi connectivity index (χ1) is 8.18. The van der Waals surface area contributed by atoms with E-state index >= 15 is 0 Å². The standard InChI is InChI=1S/C16H24O/c1-12(2)10-11-16(17)15-9-4-3-8-14(15)13-6-5-7-13/h3-4,8-9,12-13,16-17H,5-7,10-11H2,1-2H3. The molecular formula is C16H24O. The number of hydrogen-bond donors (Lipinski definition) is 1. The maximum atomic E-state index is 10.3. The van der Waals surface area contributed by atoms with Crippen molar-refractivity contribution in [3.8, 4) is 0 Å². The van der Waals surface area contributed by atoms with Gasteiger partial charge in [0.25, 0.3) is 0 Å². The monoisotopic (exact) mass is 232 g/mol. The van der Waals surface area contributed by atoms with Crippen LogP contribution in [0.2, 0.25) is 0 Å². The Morgan fingerprint density at radius 2 is 1.88 bits per heavy atom. The summed E-state index contributed by atoms with van der Waals surface area (Å²) in [5.74, 6) is 1.38. The van der Waals surface area contributed by atoms with E-state index in [0.717, 1.165) is 12.8 Å². The van der Waals surface area contributed by atoms with E-state index < -0.39 is 0 Å². The van der Waals surface area contributed by atoms with Crippen molar-refractivity contribution in [2.75, 3.05) is 0 Å². The van der Waals surface area contributed by atoms with Crippen molar-refractivity contribution >= 4 is 0 Å². The lowest BCUT2D eigenvalue weighted by Crippen LogP contribution is -2.13. The van der Waals surface area contributed by atoms with Gasteiger partial charge in [0.05, 0.1) is 6.10 Å². The molecule has 1 aromatic carbocycles. The summed E-state index contributed by atoms with van der Waals surface area (Å²) in [5, 5.41) is 10.3. The molecule has 0 radical (unpaired) electrons. The SMILES string of the molecule is CC(C)CCC(O)c1ccccc1C1CCC1. The lowest BCUT2D eigenvalue weighted by Gasteiger charge is -2.29. The molecule has 1 aromatic rings. The van der Waals surface area contributed by atoms with Gasteiger partial charge in [0, 0.05) is 0 Å². The Morgan fingerprint density at radius 3 is 2.47 bits per heavy atom. The van der Waals surface area contributed by atoms with Crippen LogP contribution in [0.25, 0.3) is 0 Å². The second-order valence-corrected chi connectivity index (χ2v) is 5.74. The highest BCUT2D eigenvalue weighted by Crippen LogP contribution is 2.40. The van der Waals surface area contributed by atoms with Crippen molar-refractivity contribution in [2.45, 2.75) is 58.0 Å². The van der Waals surface area contributed by atoms with E-state index in [2.05, 4.69) is 38.1 Å². The van der Waals surface area contributed by atoms with E-state index in [-0.39, 0.29) is 6.10 Å². The van der Waals surface area contributed by atoms with Crippen LogP contribution in [0, 0.1) is 5.92 Å². The highest BCUT2D eigenvalue weighted by atomic mass is 16.3. The molecule has 2 rings (SSSR count). The Labute approximate surface area is 105 Å². The first kappa shape index (κ1) is 12.6. The molecule has 0 aliphatic heterocycles. The number of benzene rings is 1. The molecule has 17 heavy (non-hydrogen) atoms. The molecule has 0 saturated heterocycles. The third-order valence-corrected chi connectivity index (χ3v) is 3.92. The van der Waals surface area contributed by atoms with Crippen LogP contribution in [0.4, 0.5) is 0 Å². The fourth-order valence-corrected chi connectivity index (χ4v) is 2.55. The van der Waals surface area contributed by atoms with Crippen LogP contribution in [0.5, 0.6) is 0 Å². The number of hydrogen-bond acceptors (Lipinski definition) is 1. The van der Waals surface area contributed by atoms with Gasteiger partial charge in [-0.05, 0) is 48.6 Å². The minimum Gasteiger partial charge on any atom is -0.388 e. The Hall–Kier alpha value is -0.820. The summed E-state index contributed by atoms with van der Waals surface area (Å²) in [6.45, 7) is 4.43. The molecule has 1 atom stereocenters. The molecule has 0 aromatic heterocycles. The van der Waals surface area contributed by atoms with E-state index in [4.69, 9.17) is 0 Å². The van der Waals surface area contributed by atoms with Crippen LogP contribution in [0.3, 0.4) is 0 Å². The lowest BCUT2D eigenvalue weighted by molar-refractivity contribution is 0.157. The molecule has 0 bridgehead atoms. The molecular weight excluding hydrogens is 208 g/mol. The molecule has 1 aliphatic carbocycles. The number of rotatable bonds is 5. The zero-order chi connectivity index (χ0) is 12.3. The molecule has 0 spiro atoms. The minimum atomic E-state index is -0.269. The van der Waals surface area contributed by atoms with E-state index in [1.54, 1.807) is 0 Å². The van der Waals surface area contributed by atoms with Crippen molar-refractivity contribution in [3.63, 3.8) is 0 Å². The summed E-state index contributed by atoms with van der Waals surface area (Å²) in [6.07, 6.45) is 5.67. The van der Waals surface area contributed by atoms with Gasteiger partial charge >= 0.3 is 0 Å².